The Kier molecular flexibility index (Phi) is 5.98. The van der Waals surface area contributed by atoms with Crippen LogP contribution in [0.3, 0.4) is 0 Å². The van der Waals surface area contributed by atoms with E-state index in [1.54, 1.807) is 12.1 Å². The average molecular weight is 413 g/mol. The van der Waals surface area contributed by atoms with Gasteiger partial charge in [-0.3, -0.25) is 9.52 Å². The number of halogens is 2. The predicted molar refractivity (Wildman–Crippen MR) is 100.0 cm³/mol. The van der Waals surface area contributed by atoms with Crippen molar-refractivity contribution in [1.29, 1.82) is 0 Å². The molecule has 0 aromatic heterocycles. The van der Waals surface area contributed by atoms with Crippen LogP contribution in [-0.2, 0) is 14.8 Å². The summed E-state index contributed by atoms with van der Waals surface area (Å²) in [6.07, 6.45) is 1.77. The highest BCUT2D eigenvalue weighted by molar-refractivity contribution is 7.92. The van der Waals surface area contributed by atoms with E-state index in [0.717, 1.165) is 25.0 Å². The summed E-state index contributed by atoms with van der Waals surface area (Å²) < 4.78 is 46.8. The monoisotopic (exact) mass is 412 g/mol. The number of sulfonamides is 1. The Labute approximate surface area is 161 Å². The third-order valence-electron chi connectivity index (χ3n) is 4.11. The molecule has 0 saturated carbocycles. The van der Waals surface area contributed by atoms with Crippen LogP contribution in [0.2, 0.25) is 5.02 Å². The molecule has 0 radical (unpaired) electrons. The molecule has 9 heteroatoms. The first-order chi connectivity index (χ1) is 12.9. The second-order valence-corrected chi connectivity index (χ2v) is 8.16. The normalized spacial score (nSPS) is 16.9. The zero-order valence-corrected chi connectivity index (χ0v) is 15.8. The summed E-state index contributed by atoms with van der Waals surface area (Å²) in [6.45, 7) is 1.01. The Balaban J connectivity index is 1.79. The molecule has 144 valence electrons. The molecule has 1 unspecified atom stereocenters. The first kappa shape index (κ1) is 19.6. The molecule has 2 N–H and O–H groups in total. The van der Waals surface area contributed by atoms with Crippen molar-refractivity contribution in [3.05, 3.63) is 58.9 Å². The van der Waals surface area contributed by atoms with Crippen molar-refractivity contribution in [2.45, 2.75) is 23.8 Å². The summed E-state index contributed by atoms with van der Waals surface area (Å²) in [6, 6.07) is 9.37. The Morgan fingerprint density at radius 3 is 2.74 bits per heavy atom. The van der Waals surface area contributed by atoms with Crippen molar-refractivity contribution in [3.8, 4) is 0 Å². The molecule has 3 rings (SSSR count). The van der Waals surface area contributed by atoms with Gasteiger partial charge in [0.2, 0.25) is 0 Å². The maximum Gasteiger partial charge on any atom is 0.264 e. The fraction of sp³-hybridized carbons (Fsp3) is 0.278. The molecule has 1 fully saturated rings. The van der Waals surface area contributed by atoms with Gasteiger partial charge in [0.25, 0.3) is 15.9 Å². The van der Waals surface area contributed by atoms with E-state index >= 15 is 0 Å². The van der Waals surface area contributed by atoms with Crippen molar-refractivity contribution in [2.24, 2.45) is 0 Å². The minimum Gasteiger partial charge on any atom is -0.376 e. The summed E-state index contributed by atoms with van der Waals surface area (Å²) in [5.74, 6) is -1.42. The molecule has 0 bridgehead atoms. The lowest BCUT2D eigenvalue weighted by atomic mass is 10.1. The van der Waals surface area contributed by atoms with Gasteiger partial charge in [-0.15, -0.1) is 0 Å². The molecule has 1 amide bonds. The van der Waals surface area contributed by atoms with E-state index in [2.05, 4.69) is 10.0 Å². The van der Waals surface area contributed by atoms with Gasteiger partial charge in [-0.2, -0.15) is 0 Å². The van der Waals surface area contributed by atoms with Gasteiger partial charge in [0, 0.05) is 18.2 Å². The summed E-state index contributed by atoms with van der Waals surface area (Å²) >= 11 is 5.66. The SMILES string of the molecule is O=C(NCC1CCCO1)c1ccccc1NS(=O)(=O)c1ccc(Cl)cc1F. The van der Waals surface area contributed by atoms with E-state index in [4.69, 9.17) is 16.3 Å². The van der Waals surface area contributed by atoms with Gasteiger partial charge >= 0.3 is 0 Å². The van der Waals surface area contributed by atoms with E-state index in [0.29, 0.717) is 13.2 Å². The van der Waals surface area contributed by atoms with E-state index < -0.39 is 26.6 Å². The van der Waals surface area contributed by atoms with Crippen LogP contribution in [-0.4, -0.2) is 33.6 Å². The number of carbonyl (C=O) groups is 1. The lowest BCUT2D eigenvalue weighted by Gasteiger charge is -2.15. The van der Waals surface area contributed by atoms with Crippen LogP contribution in [0.25, 0.3) is 0 Å². The number of amides is 1. The van der Waals surface area contributed by atoms with Crippen LogP contribution < -0.4 is 10.0 Å². The Hall–Kier alpha value is -2.16. The standard InChI is InChI=1S/C18H18ClFN2O4S/c19-12-7-8-17(15(20)10-12)27(24,25)22-16-6-2-1-5-14(16)18(23)21-11-13-4-3-9-26-13/h1-2,5-8,10,13,22H,3-4,9,11H2,(H,21,23). The molecule has 1 aliphatic rings. The number of ether oxygens (including phenoxy) is 1. The average Bonchev–Trinajstić information content (AvgIpc) is 3.13. The van der Waals surface area contributed by atoms with Gasteiger partial charge in [-0.05, 0) is 43.2 Å². The quantitative estimate of drug-likeness (QED) is 0.763. The minimum atomic E-state index is -4.24. The molecule has 27 heavy (non-hydrogen) atoms. The summed E-state index contributed by atoms with van der Waals surface area (Å²) in [7, 11) is -4.24. The predicted octanol–water partition coefficient (Wildman–Crippen LogP) is 3.19. The van der Waals surface area contributed by atoms with Crippen molar-refractivity contribution in [3.63, 3.8) is 0 Å². The molecule has 2 aromatic rings. The van der Waals surface area contributed by atoms with E-state index in [1.807, 2.05) is 0 Å². The van der Waals surface area contributed by atoms with Crippen LogP contribution >= 0.6 is 11.6 Å². The molecule has 1 heterocycles. The number of nitrogens with one attached hydrogen (secondary N) is 2. The number of benzene rings is 2. The summed E-state index contributed by atoms with van der Waals surface area (Å²) in [5, 5.41) is 2.82. The van der Waals surface area contributed by atoms with E-state index in [-0.39, 0.29) is 22.4 Å². The fourth-order valence-electron chi connectivity index (χ4n) is 2.77. The van der Waals surface area contributed by atoms with Crippen LogP contribution in [0.15, 0.2) is 47.4 Å². The summed E-state index contributed by atoms with van der Waals surface area (Å²) in [5.41, 5.74) is 0.185. The van der Waals surface area contributed by atoms with E-state index in [9.17, 15) is 17.6 Å². The second kappa shape index (κ2) is 8.24. The molecule has 0 spiro atoms. The molecule has 1 aliphatic heterocycles. The second-order valence-electron chi connectivity index (χ2n) is 6.07. The first-order valence-corrected chi connectivity index (χ1v) is 10.2. The number of para-hydroxylation sites is 1. The highest BCUT2D eigenvalue weighted by Crippen LogP contribution is 2.24. The van der Waals surface area contributed by atoms with Crippen molar-refractivity contribution < 1.29 is 22.3 Å². The highest BCUT2D eigenvalue weighted by Gasteiger charge is 2.23. The number of anilines is 1. The lowest BCUT2D eigenvalue weighted by molar-refractivity contribution is 0.0858. The zero-order valence-electron chi connectivity index (χ0n) is 14.2. The molecule has 0 aliphatic carbocycles. The zero-order chi connectivity index (χ0) is 19.4. The Bertz CT molecular complexity index is 946. The summed E-state index contributed by atoms with van der Waals surface area (Å²) in [4.78, 5) is 11.9. The highest BCUT2D eigenvalue weighted by atomic mass is 35.5. The van der Waals surface area contributed by atoms with Crippen LogP contribution in [0, 0.1) is 5.82 Å². The maximum atomic E-state index is 14.0. The number of hydrogen-bond donors (Lipinski definition) is 2. The lowest BCUT2D eigenvalue weighted by Crippen LogP contribution is -2.32. The third-order valence-corrected chi connectivity index (χ3v) is 5.75. The molecule has 1 atom stereocenters. The Morgan fingerprint density at radius 1 is 1.26 bits per heavy atom. The molecule has 6 nitrogen and oxygen atoms in total. The van der Waals surface area contributed by atoms with Gasteiger partial charge in [0.1, 0.15) is 10.7 Å². The van der Waals surface area contributed by atoms with Gasteiger partial charge in [0.15, 0.2) is 0 Å². The fourth-order valence-corrected chi connectivity index (χ4v) is 4.07. The third kappa shape index (κ3) is 4.77. The van der Waals surface area contributed by atoms with Gasteiger partial charge in [-0.1, -0.05) is 23.7 Å². The number of carbonyl (C=O) groups excluding carboxylic acids is 1. The van der Waals surface area contributed by atoms with Crippen LogP contribution in [0.1, 0.15) is 23.2 Å². The molecular weight excluding hydrogens is 395 g/mol. The van der Waals surface area contributed by atoms with Crippen molar-refractivity contribution in [1.82, 2.24) is 5.32 Å². The van der Waals surface area contributed by atoms with Crippen molar-refractivity contribution >= 4 is 33.2 Å². The number of hydrogen-bond acceptors (Lipinski definition) is 4. The number of rotatable bonds is 6. The van der Waals surface area contributed by atoms with Gasteiger partial charge in [-0.25, -0.2) is 12.8 Å². The van der Waals surface area contributed by atoms with Crippen LogP contribution in [0.4, 0.5) is 10.1 Å². The van der Waals surface area contributed by atoms with E-state index in [1.165, 1.54) is 18.2 Å². The van der Waals surface area contributed by atoms with Crippen LogP contribution in [0.5, 0.6) is 0 Å². The smallest absolute Gasteiger partial charge is 0.264 e. The van der Waals surface area contributed by atoms with Crippen molar-refractivity contribution in [2.75, 3.05) is 17.9 Å². The Morgan fingerprint density at radius 2 is 2.04 bits per heavy atom. The minimum absolute atomic E-state index is 0.0408. The van der Waals surface area contributed by atoms with Gasteiger partial charge < -0.3 is 10.1 Å². The molecule has 2 aromatic carbocycles. The topological polar surface area (TPSA) is 84.5 Å². The molecule has 1 saturated heterocycles. The first-order valence-electron chi connectivity index (χ1n) is 8.33. The largest absolute Gasteiger partial charge is 0.376 e. The molecular formula is C18H18ClFN2O4S. The maximum absolute atomic E-state index is 14.0. The van der Waals surface area contributed by atoms with Gasteiger partial charge in [0.05, 0.1) is 17.4 Å².